The van der Waals surface area contributed by atoms with Gasteiger partial charge >= 0.3 is 65.9 Å². The summed E-state index contributed by atoms with van der Waals surface area (Å²) in [7, 11) is -4.61. The summed E-state index contributed by atoms with van der Waals surface area (Å²) in [6, 6.07) is 0. The van der Waals surface area contributed by atoms with E-state index < -0.39 is 22.7 Å². The summed E-state index contributed by atoms with van der Waals surface area (Å²) in [5.74, 6) is 0. The van der Waals surface area contributed by atoms with Crippen molar-refractivity contribution < 1.29 is 48.7 Å². The fraction of sp³-hybridized carbons (Fsp3) is 0. The van der Waals surface area contributed by atoms with Crippen LogP contribution in [0.5, 0.6) is 0 Å². The molecule has 0 fully saturated rings. The van der Waals surface area contributed by atoms with Crippen LogP contribution in [-0.2, 0) is 21.2 Å². The van der Waals surface area contributed by atoms with Crippen LogP contribution in [0.25, 0.3) is 0 Å². The Labute approximate surface area is 84.8 Å². The van der Waals surface area contributed by atoms with Gasteiger partial charge in [0.05, 0.1) is 0 Å². The SMILES string of the molecule is O[Si](O)(O)O.[O]=[Cr](=[O])([O-])[O-].[Pb+2]. The summed E-state index contributed by atoms with van der Waals surface area (Å²) >= 11 is -5.75. The molecule has 0 atom stereocenters. The van der Waals surface area contributed by atoms with E-state index in [-0.39, 0.29) is 27.3 Å². The zero-order valence-electron chi connectivity index (χ0n) is 4.83. The molecule has 0 spiro atoms. The van der Waals surface area contributed by atoms with Crippen molar-refractivity contribution in [2.24, 2.45) is 0 Å². The van der Waals surface area contributed by atoms with E-state index in [9.17, 15) is 0 Å². The minimum atomic E-state index is -5.75. The van der Waals surface area contributed by atoms with Crippen LogP contribution >= 0.6 is 0 Å². The fourth-order valence-electron chi connectivity index (χ4n) is 0. The minimum Gasteiger partial charge on any atom is 2.00 e. The first-order chi connectivity index (χ1) is 4.00. The van der Waals surface area contributed by atoms with Gasteiger partial charge in [0.15, 0.2) is 0 Å². The van der Waals surface area contributed by atoms with Crippen LogP contribution in [0.15, 0.2) is 0 Å². The summed E-state index contributed by atoms with van der Waals surface area (Å²) < 4.78 is 34.4. The molecule has 0 amide bonds. The maximum Gasteiger partial charge on any atom is 2.00 e. The minimum absolute atomic E-state index is 0. The van der Waals surface area contributed by atoms with Gasteiger partial charge in [-0.2, -0.15) is 0 Å². The van der Waals surface area contributed by atoms with Gasteiger partial charge in [-0.15, -0.1) is 0 Å². The van der Waals surface area contributed by atoms with Gasteiger partial charge in [0, 0.05) is 0 Å². The first-order valence-electron chi connectivity index (χ1n) is 1.56. The normalized spacial score (nSPS) is 10.7. The van der Waals surface area contributed by atoms with E-state index in [1.807, 2.05) is 0 Å². The van der Waals surface area contributed by atoms with E-state index in [4.69, 9.17) is 35.1 Å². The van der Waals surface area contributed by atoms with Gasteiger partial charge in [-0.05, 0) is 0 Å². The van der Waals surface area contributed by atoms with Gasteiger partial charge in [0.1, 0.15) is 0 Å². The van der Waals surface area contributed by atoms with Gasteiger partial charge in [-0.25, -0.2) is 0 Å². The van der Waals surface area contributed by atoms with E-state index in [1.54, 1.807) is 0 Å². The molecule has 2 radical (unpaired) electrons. The van der Waals surface area contributed by atoms with Gasteiger partial charge in [-0.1, -0.05) is 0 Å². The molecule has 0 saturated carbocycles. The van der Waals surface area contributed by atoms with Gasteiger partial charge < -0.3 is 19.2 Å². The molecule has 66 valence electrons. The second-order valence-corrected chi connectivity index (χ2v) is 3.48. The molecule has 11 heavy (non-hydrogen) atoms. The predicted octanol–water partition coefficient (Wildman–Crippen LogP) is -5.61. The van der Waals surface area contributed by atoms with Crippen molar-refractivity contribution in [3.05, 3.63) is 0 Å². The molecule has 11 heteroatoms. The van der Waals surface area contributed by atoms with Crippen molar-refractivity contribution in [2.45, 2.75) is 0 Å². The maximum atomic E-state index is 8.59. The Morgan fingerprint density at radius 1 is 1.00 bits per heavy atom. The molecule has 0 aromatic rings. The smallest absolute Gasteiger partial charge is 2.00 e. The fourth-order valence-corrected chi connectivity index (χ4v) is 0. The number of hydrogen-bond acceptors (Lipinski definition) is 8. The second-order valence-electron chi connectivity index (χ2n) is 1.01. The molecule has 0 aliphatic carbocycles. The Kier molecular flexibility index (Phi) is 10.7. The third-order valence-corrected chi connectivity index (χ3v) is 0. The van der Waals surface area contributed by atoms with Crippen LogP contribution in [0, 0.1) is 0 Å². The van der Waals surface area contributed by atoms with Crippen molar-refractivity contribution in [3.8, 4) is 0 Å². The number of hydrogen-bond donors (Lipinski definition) is 4. The third-order valence-electron chi connectivity index (χ3n) is 0. The molecule has 0 aromatic heterocycles. The molecule has 4 N–H and O–H groups in total. The molecular weight excluding hydrogens is 415 g/mol. The van der Waals surface area contributed by atoms with Crippen molar-refractivity contribution >= 4 is 36.3 Å². The van der Waals surface area contributed by atoms with Gasteiger partial charge in [-0.3, -0.25) is 0 Å². The Morgan fingerprint density at radius 2 is 1.00 bits per heavy atom. The first kappa shape index (κ1) is 18.0. The molecule has 0 aliphatic rings. The van der Waals surface area contributed by atoms with E-state index >= 15 is 0 Å². The summed E-state index contributed by atoms with van der Waals surface area (Å²) in [5, 5.41) is 0. The van der Waals surface area contributed by atoms with Crippen molar-refractivity contribution in [2.75, 3.05) is 0 Å². The van der Waals surface area contributed by atoms with E-state index in [1.165, 1.54) is 0 Å². The van der Waals surface area contributed by atoms with Crippen molar-refractivity contribution in [1.82, 2.24) is 0 Å². The van der Waals surface area contributed by atoms with Crippen LogP contribution in [-0.4, -0.2) is 55.5 Å². The zero-order valence-corrected chi connectivity index (χ0v) is 11.0. The summed E-state index contributed by atoms with van der Waals surface area (Å²) in [4.78, 5) is 29.3. The Bertz CT molecular complexity index is 149. The Hall–Kier alpha value is 1.03. The zero-order chi connectivity index (χ0) is 9.00. The predicted molar refractivity (Wildman–Crippen MR) is 21.8 cm³/mol. The quantitative estimate of drug-likeness (QED) is 0.283. The van der Waals surface area contributed by atoms with Crippen LogP contribution in [0.2, 0.25) is 0 Å². The summed E-state index contributed by atoms with van der Waals surface area (Å²) in [6.45, 7) is 0. The van der Waals surface area contributed by atoms with Crippen molar-refractivity contribution in [3.63, 3.8) is 0 Å². The van der Waals surface area contributed by atoms with Crippen molar-refractivity contribution in [1.29, 1.82) is 0 Å². The molecule has 8 nitrogen and oxygen atoms in total. The first-order valence-corrected chi connectivity index (χ1v) is 5.43. The second kappa shape index (κ2) is 6.54. The van der Waals surface area contributed by atoms with Gasteiger partial charge in [0.2, 0.25) is 0 Å². The molecule has 0 unspecified atom stereocenters. The summed E-state index contributed by atoms with van der Waals surface area (Å²) in [5.41, 5.74) is 0. The third kappa shape index (κ3) is 846. The maximum absolute atomic E-state index is 8.59. The Morgan fingerprint density at radius 3 is 1.00 bits per heavy atom. The summed E-state index contributed by atoms with van der Waals surface area (Å²) in [6.07, 6.45) is 0. The van der Waals surface area contributed by atoms with Crippen LogP contribution in [0.4, 0.5) is 0 Å². The number of rotatable bonds is 0. The monoisotopic (exact) mass is 420 g/mol. The topological polar surface area (TPSA) is 161 Å². The van der Waals surface area contributed by atoms with Crippen LogP contribution in [0.1, 0.15) is 0 Å². The Balaban J connectivity index is -0.000000107. The average molecular weight is 419 g/mol. The molecule has 0 saturated heterocycles. The molecule has 0 bridgehead atoms. The van der Waals surface area contributed by atoms with E-state index in [0.717, 1.165) is 0 Å². The van der Waals surface area contributed by atoms with Gasteiger partial charge in [0.25, 0.3) is 0 Å². The largest absolute Gasteiger partial charge is 2.00 e. The molecule has 0 aliphatic heterocycles. The van der Waals surface area contributed by atoms with E-state index in [2.05, 4.69) is 0 Å². The van der Waals surface area contributed by atoms with Crippen LogP contribution in [0.3, 0.4) is 0 Å². The standard InChI is InChI=1S/Cr.H4O4Si.4O.Pb/c;1-5(2,3)4;;;;;/h;1-4H;;;;;/q;;;;2*-1;+2. The molecule has 0 aromatic carbocycles. The molecule has 0 rings (SSSR count). The van der Waals surface area contributed by atoms with Crippen LogP contribution < -0.4 is 8.32 Å². The molecular formula is H4CrO8PbSi. The molecule has 0 heterocycles. The average Bonchev–Trinajstić information content (AvgIpc) is 1.12. The van der Waals surface area contributed by atoms with E-state index in [0.29, 0.717) is 0 Å².